The monoisotopic (exact) mass is 360 g/mol. The number of hydrogen-bond acceptors (Lipinski definition) is 4. The number of phenols is 1. The van der Waals surface area contributed by atoms with Crippen LogP contribution in [0.2, 0.25) is 5.02 Å². The highest BCUT2D eigenvalue weighted by Gasteiger charge is 2.36. The first-order chi connectivity index (χ1) is 12.0. The van der Waals surface area contributed by atoms with Gasteiger partial charge in [0, 0.05) is 29.7 Å². The summed E-state index contributed by atoms with van der Waals surface area (Å²) in [6.45, 7) is 0.236. The number of benzene rings is 2. The summed E-state index contributed by atoms with van der Waals surface area (Å²) in [6, 6.07) is 11.3. The largest absolute Gasteiger partial charge is 0.508 e. The normalized spacial score (nSPS) is 16.8. The fourth-order valence-corrected chi connectivity index (χ4v) is 2.98. The number of phenolic OH excluding ortho intramolecular Hbond substituents is 1. The van der Waals surface area contributed by atoms with E-state index in [4.69, 9.17) is 16.3 Å². The van der Waals surface area contributed by atoms with Crippen LogP contribution in [0.4, 0.5) is 11.4 Å². The Kier molecular flexibility index (Phi) is 4.81. The van der Waals surface area contributed by atoms with E-state index < -0.39 is 5.92 Å². The second-order valence-electron chi connectivity index (χ2n) is 5.76. The molecule has 1 heterocycles. The zero-order valence-corrected chi connectivity index (χ0v) is 14.3. The van der Waals surface area contributed by atoms with Crippen molar-refractivity contribution in [3.05, 3.63) is 47.5 Å². The fraction of sp³-hybridized carbons (Fsp3) is 0.222. The van der Waals surface area contributed by atoms with E-state index in [0.29, 0.717) is 22.1 Å². The topological polar surface area (TPSA) is 78.9 Å². The number of nitrogens with zero attached hydrogens (tertiary/aromatic N) is 1. The summed E-state index contributed by atoms with van der Waals surface area (Å²) in [7, 11) is 1.51. The van der Waals surface area contributed by atoms with Crippen LogP contribution in [-0.2, 0) is 9.59 Å². The molecule has 2 aromatic carbocycles. The highest BCUT2D eigenvalue weighted by atomic mass is 35.5. The lowest BCUT2D eigenvalue weighted by Gasteiger charge is -2.20. The van der Waals surface area contributed by atoms with Gasteiger partial charge in [0.2, 0.25) is 11.8 Å². The summed E-state index contributed by atoms with van der Waals surface area (Å²) in [5.41, 5.74) is 1.03. The van der Waals surface area contributed by atoms with Crippen LogP contribution in [0.25, 0.3) is 0 Å². The maximum Gasteiger partial charge on any atom is 0.229 e. The van der Waals surface area contributed by atoms with Gasteiger partial charge in [0.15, 0.2) is 0 Å². The first kappa shape index (κ1) is 17.1. The molecule has 1 saturated heterocycles. The van der Waals surface area contributed by atoms with E-state index in [-0.39, 0.29) is 30.5 Å². The Labute approximate surface area is 150 Å². The Morgan fingerprint density at radius 2 is 2.12 bits per heavy atom. The first-order valence-electron chi connectivity index (χ1n) is 7.71. The third-order valence-electron chi connectivity index (χ3n) is 4.04. The third-order valence-corrected chi connectivity index (χ3v) is 4.28. The summed E-state index contributed by atoms with van der Waals surface area (Å²) in [5, 5.41) is 12.7. The number of aromatic hydroxyl groups is 1. The molecule has 0 aliphatic carbocycles. The molecule has 7 heteroatoms. The van der Waals surface area contributed by atoms with Crippen LogP contribution in [0.1, 0.15) is 6.42 Å². The van der Waals surface area contributed by atoms with Crippen molar-refractivity contribution in [1.29, 1.82) is 0 Å². The predicted octanol–water partition coefficient (Wildman–Crippen LogP) is 3.05. The number of rotatable bonds is 4. The number of anilines is 2. The molecule has 0 saturated carbocycles. The average Bonchev–Trinajstić information content (AvgIpc) is 2.96. The number of nitrogens with one attached hydrogen (secondary N) is 1. The molecule has 0 bridgehead atoms. The highest BCUT2D eigenvalue weighted by molar-refractivity contribution is 6.31. The molecule has 0 radical (unpaired) electrons. The van der Waals surface area contributed by atoms with E-state index in [9.17, 15) is 14.7 Å². The van der Waals surface area contributed by atoms with Crippen LogP contribution < -0.4 is 15.0 Å². The number of carbonyl (C=O) groups is 2. The van der Waals surface area contributed by atoms with Crippen molar-refractivity contribution in [1.82, 2.24) is 0 Å². The third kappa shape index (κ3) is 3.69. The Bertz CT molecular complexity index is 824. The predicted molar refractivity (Wildman–Crippen MR) is 95.2 cm³/mol. The molecule has 3 rings (SSSR count). The van der Waals surface area contributed by atoms with Crippen LogP contribution in [0, 0.1) is 5.92 Å². The number of carbonyl (C=O) groups excluding carboxylic acids is 2. The summed E-state index contributed by atoms with van der Waals surface area (Å²) in [6.07, 6.45) is 0.0975. The van der Waals surface area contributed by atoms with Crippen molar-refractivity contribution < 1.29 is 19.4 Å². The van der Waals surface area contributed by atoms with Crippen molar-refractivity contribution in [2.24, 2.45) is 5.92 Å². The zero-order valence-electron chi connectivity index (χ0n) is 13.5. The summed E-state index contributed by atoms with van der Waals surface area (Å²) in [5.74, 6) is -0.366. The molecule has 130 valence electrons. The minimum atomic E-state index is -0.501. The van der Waals surface area contributed by atoms with Gasteiger partial charge in [0.05, 0.1) is 18.7 Å². The minimum absolute atomic E-state index is 0.0607. The van der Waals surface area contributed by atoms with Crippen LogP contribution in [0.3, 0.4) is 0 Å². The lowest BCUT2D eigenvalue weighted by atomic mass is 10.1. The number of ether oxygens (including phenoxy) is 1. The molecule has 2 N–H and O–H groups in total. The van der Waals surface area contributed by atoms with Crippen molar-refractivity contribution >= 4 is 34.8 Å². The lowest BCUT2D eigenvalue weighted by molar-refractivity contribution is -0.122. The standard InChI is InChI=1S/C18H17ClN2O4/c1-25-16-6-5-12(19)8-15(16)21-10-11(7-17(21)23)18(24)20-13-3-2-4-14(22)9-13/h2-6,8-9,11,22H,7,10H2,1H3,(H,20,24)/t11-/m1/s1. The quantitative estimate of drug-likeness (QED) is 0.878. The molecule has 2 amide bonds. The maximum absolute atomic E-state index is 12.4. The van der Waals surface area contributed by atoms with Crippen molar-refractivity contribution in [3.8, 4) is 11.5 Å². The molecule has 1 atom stereocenters. The molecule has 1 fully saturated rings. The van der Waals surface area contributed by atoms with Gasteiger partial charge in [-0.2, -0.15) is 0 Å². The second kappa shape index (κ2) is 7.03. The Morgan fingerprint density at radius 1 is 1.32 bits per heavy atom. The van der Waals surface area contributed by atoms with Gasteiger partial charge in [-0.15, -0.1) is 0 Å². The molecule has 1 aliphatic heterocycles. The van der Waals surface area contributed by atoms with Crippen LogP contribution >= 0.6 is 11.6 Å². The van der Waals surface area contributed by atoms with Gasteiger partial charge in [-0.3, -0.25) is 9.59 Å². The lowest BCUT2D eigenvalue weighted by Crippen LogP contribution is -2.28. The van der Waals surface area contributed by atoms with Crippen molar-refractivity contribution in [2.75, 3.05) is 23.9 Å². The Hall–Kier alpha value is -2.73. The van der Waals surface area contributed by atoms with Crippen molar-refractivity contribution in [3.63, 3.8) is 0 Å². The van der Waals surface area contributed by atoms with Crippen LogP contribution in [0.5, 0.6) is 11.5 Å². The Balaban J connectivity index is 1.76. The summed E-state index contributed by atoms with van der Waals surface area (Å²) < 4.78 is 5.28. The van der Waals surface area contributed by atoms with E-state index in [0.717, 1.165) is 0 Å². The number of halogens is 1. The molecular formula is C18H17ClN2O4. The minimum Gasteiger partial charge on any atom is -0.508 e. The molecule has 1 aliphatic rings. The van der Waals surface area contributed by atoms with Gasteiger partial charge in [-0.05, 0) is 30.3 Å². The number of amides is 2. The van der Waals surface area contributed by atoms with Gasteiger partial charge >= 0.3 is 0 Å². The number of hydrogen-bond donors (Lipinski definition) is 2. The number of methoxy groups -OCH3 is 1. The first-order valence-corrected chi connectivity index (χ1v) is 8.09. The van der Waals surface area contributed by atoms with E-state index in [2.05, 4.69) is 5.32 Å². The maximum atomic E-state index is 12.4. The van der Waals surface area contributed by atoms with E-state index in [1.807, 2.05) is 0 Å². The SMILES string of the molecule is COc1ccc(Cl)cc1N1C[C@H](C(=O)Nc2cccc(O)c2)CC1=O. The molecule has 6 nitrogen and oxygen atoms in total. The van der Waals surface area contributed by atoms with Gasteiger partial charge in [-0.1, -0.05) is 17.7 Å². The van der Waals surface area contributed by atoms with Gasteiger partial charge in [0.1, 0.15) is 11.5 Å². The molecule has 0 unspecified atom stereocenters. The Morgan fingerprint density at radius 3 is 2.84 bits per heavy atom. The summed E-state index contributed by atoms with van der Waals surface area (Å²) in [4.78, 5) is 26.3. The van der Waals surface area contributed by atoms with Gasteiger partial charge < -0.3 is 20.1 Å². The molecule has 2 aromatic rings. The average molecular weight is 361 g/mol. The zero-order chi connectivity index (χ0) is 18.0. The smallest absolute Gasteiger partial charge is 0.229 e. The van der Waals surface area contributed by atoms with Gasteiger partial charge in [0.25, 0.3) is 0 Å². The second-order valence-corrected chi connectivity index (χ2v) is 6.20. The fourth-order valence-electron chi connectivity index (χ4n) is 2.82. The van der Waals surface area contributed by atoms with Gasteiger partial charge in [-0.25, -0.2) is 0 Å². The van der Waals surface area contributed by atoms with E-state index in [1.165, 1.54) is 24.1 Å². The van der Waals surface area contributed by atoms with Crippen LogP contribution in [0.15, 0.2) is 42.5 Å². The van der Waals surface area contributed by atoms with E-state index >= 15 is 0 Å². The van der Waals surface area contributed by atoms with E-state index in [1.54, 1.807) is 30.3 Å². The van der Waals surface area contributed by atoms with Crippen LogP contribution in [-0.4, -0.2) is 30.6 Å². The highest BCUT2D eigenvalue weighted by Crippen LogP contribution is 2.35. The summed E-state index contributed by atoms with van der Waals surface area (Å²) >= 11 is 6.02. The molecular weight excluding hydrogens is 344 g/mol. The molecule has 0 spiro atoms. The molecule has 0 aromatic heterocycles. The molecule has 25 heavy (non-hydrogen) atoms. The van der Waals surface area contributed by atoms with Crippen molar-refractivity contribution in [2.45, 2.75) is 6.42 Å².